The van der Waals surface area contributed by atoms with E-state index in [1.807, 2.05) is 12.3 Å². The summed E-state index contributed by atoms with van der Waals surface area (Å²) >= 11 is 1.59. The molecule has 0 saturated carbocycles. The van der Waals surface area contributed by atoms with Crippen LogP contribution < -0.4 is 15.5 Å². The van der Waals surface area contributed by atoms with Crippen molar-refractivity contribution in [1.29, 1.82) is 0 Å². The predicted molar refractivity (Wildman–Crippen MR) is 146 cm³/mol. The molecular formula is C28H32N6OS. The molecule has 186 valence electrons. The van der Waals surface area contributed by atoms with Crippen molar-refractivity contribution in [2.45, 2.75) is 39.8 Å². The highest BCUT2D eigenvalue weighted by Crippen LogP contribution is 2.29. The van der Waals surface area contributed by atoms with Crippen LogP contribution in [0.4, 0.5) is 10.8 Å². The first kappa shape index (κ1) is 24.1. The number of piperidine rings is 1. The van der Waals surface area contributed by atoms with Crippen LogP contribution in [0.25, 0.3) is 5.13 Å². The van der Waals surface area contributed by atoms with E-state index in [0.29, 0.717) is 13.1 Å². The van der Waals surface area contributed by atoms with Crippen LogP contribution in [-0.4, -0.2) is 33.8 Å². The largest absolute Gasteiger partial charge is 0.379 e. The summed E-state index contributed by atoms with van der Waals surface area (Å²) in [7, 11) is 0. The van der Waals surface area contributed by atoms with E-state index >= 15 is 0 Å². The van der Waals surface area contributed by atoms with Gasteiger partial charge in [0.2, 0.25) is 16.2 Å². The maximum Gasteiger partial charge on any atom is 0.223 e. The molecule has 4 aromatic rings. The number of hydrogen-bond acceptors (Lipinski definition) is 6. The maximum absolute atomic E-state index is 12.7. The average molecular weight is 501 g/mol. The van der Waals surface area contributed by atoms with Gasteiger partial charge in [0.25, 0.3) is 0 Å². The van der Waals surface area contributed by atoms with Gasteiger partial charge >= 0.3 is 0 Å². The van der Waals surface area contributed by atoms with Crippen molar-refractivity contribution in [3.63, 3.8) is 0 Å². The highest BCUT2D eigenvalue weighted by Gasteiger charge is 2.26. The molecule has 7 nitrogen and oxygen atoms in total. The number of amides is 1. The molecule has 1 aliphatic rings. The Morgan fingerprint density at radius 3 is 2.31 bits per heavy atom. The molecule has 0 bridgehead atoms. The van der Waals surface area contributed by atoms with Crippen LogP contribution in [0, 0.1) is 19.8 Å². The van der Waals surface area contributed by atoms with Crippen molar-refractivity contribution in [1.82, 2.24) is 20.1 Å². The van der Waals surface area contributed by atoms with Gasteiger partial charge in [0.1, 0.15) is 0 Å². The van der Waals surface area contributed by atoms with E-state index in [4.69, 9.17) is 0 Å². The van der Waals surface area contributed by atoms with Gasteiger partial charge in [-0.25, -0.2) is 0 Å². The SMILES string of the molecule is Cc1ccc(CNC(=O)C2CCN(c3nnc(-n4cccc4CNc4ccc(C)cc4)s3)CC2)cc1. The summed E-state index contributed by atoms with van der Waals surface area (Å²) in [6, 6.07) is 20.8. The molecule has 2 aromatic carbocycles. The number of hydrogen-bond donors (Lipinski definition) is 2. The number of nitrogens with one attached hydrogen (secondary N) is 2. The summed E-state index contributed by atoms with van der Waals surface area (Å²) < 4.78 is 2.09. The van der Waals surface area contributed by atoms with Crippen LogP contribution in [0.15, 0.2) is 66.9 Å². The first-order valence-electron chi connectivity index (χ1n) is 12.4. The van der Waals surface area contributed by atoms with Gasteiger partial charge < -0.3 is 15.5 Å². The molecule has 8 heteroatoms. The standard InChI is InChI=1S/C28H32N6OS/c1-20-5-9-22(10-6-20)18-30-26(35)23-13-16-33(17-14-23)27-31-32-28(36-27)34-15-3-4-25(34)19-29-24-11-7-21(2)8-12-24/h3-12,15,23,29H,13-14,16-19H2,1-2H3,(H,30,35). The van der Waals surface area contributed by atoms with Crippen LogP contribution in [0.5, 0.6) is 0 Å². The van der Waals surface area contributed by atoms with Gasteiger partial charge in [-0.3, -0.25) is 9.36 Å². The Labute approximate surface area is 216 Å². The van der Waals surface area contributed by atoms with E-state index in [-0.39, 0.29) is 11.8 Å². The Morgan fingerprint density at radius 2 is 1.58 bits per heavy atom. The molecule has 1 saturated heterocycles. The summed E-state index contributed by atoms with van der Waals surface area (Å²) in [6.45, 7) is 7.06. The van der Waals surface area contributed by atoms with Gasteiger partial charge in [0, 0.05) is 43.1 Å². The number of benzene rings is 2. The molecule has 2 N–H and O–H groups in total. The first-order valence-corrected chi connectivity index (χ1v) is 13.3. The molecule has 36 heavy (non-hydrogen) atoms. The van der Waals surface area contributed by atoms with E-state index < -0.39 is 0 Å². The van der Waals surface area contributed by atoms with Crippen LogP contribution in [0.2, 0.25) is 0 Å². The average Bonchev–Trinajstić information content (AvgIpc) is 3.58. The zero-order valence-electron chi connectivity index (χ0n) is 20.8. The highest BCUT2D eigenvalue weighted by atomic mass is 32.1. The second-order valence-electron chi connectivity index (χ2n) is 9.42. The zero-order valence-corrected chi connectivity index (χ0v) is 21.6. The van der Waals surface area contributed by atoms with Crippen molar-refractivity contribution >= 4 is 28.1 Å². The topological polar surface area (TPSA) is 75.1 Å². The van der Waals surface area contributed by atoms with Gasteiger partial charge in [-0.2, -0.15) is 0 Å². The lowest BCUT2D eigenvalue weighted by Crippen LogP contribution is -2.40. The maximum atomic E-state index is 12.7. The first-order chi connectivity index (χ1) is 17.5. The second kappa shape index (κ2) is 11.0. The molecule has 5 rings (SSSR count). The van der Waals surface area contributed by atoms with Gasteiger partial charge in [-0.15, -0.1) is 10.2 Å². The van der Waals surface area contributed by atoms with Crippen LogP contribution in [-0.2, 0) is 17.9 Å². The molecule has 0 aliphatic carbocycles. The lowest BCUT2D eigenvalue weighted by atomic mass is 9.96. The third-order valence-electron chi connectivity index (χ3n) is 6.69. The minimum atomic E-state index is 0.0444. The van der Waals surface area contributed by atoms with Crippen molar-refractivity contribution in [3.05, 3.63) is 89.2 Å². The number of rotatable bonds is 8. The van der Waals surface area contributed by atoms with E-state index in [1.54, 1.807) is 11.3 Å². The Hall–Kier alpha value is -3.65. The minimum Gasteiger partial charge on any atom is -0.379 e. The number of carbonyl (C=O) groups excluding carboxylic acids is 1. The molecule has 1 amide bonds. The smallest absolute Gasteiger partial charge is 0.223 e. The molecule has 0 spiro atoms. The molecule has 3 heterocycles. The number of aromatic nitrogens is 3. The third kappa shape index (κ3) is 5.76. The highest BCUT2D eigenvalue weighted by molar-refractivity contribution is 7.17. The number of carbonyl (C=O) groups is 1. The minimum absolute atomic E-state index is 0.0444. The summed E-state index contributed by atoms with van der Waals surface area (Å²) in [4.78, 5) is 14.9. The zero-order chi connectivity index (χ0) is 24.9. The fourth-order valence-corrected chi connectivity index (χ4v) is 5.33. The van der Waals surface area contributed by atoms with Crippen molar-refractivity contribution in [2.75, 3.05) is 23.3 Å². The quantitative estimate of drug-likeness (QED) is 0.352. The van der Waals surface area contributed by atoms with Gasteiger partial charge in [0.05, 0.1) is 6.54 Å². The van der Waals surface area contributed by atoms with Crippen LogP contribution in [0.3, 0.4) is 0 Å². The number of anilines is 2. The molecule has 2 aromatic heterocycles. The Bertz CT molecular complexity index is 1290. The van der Waals surface area contributed by atoms with E-state index in [0.717, 1.165) is 53.1 Å². The monoisotopic (exact) mass is 500 g/mol. The van der Waals surface area contributed by atoms with Gasteiger partial charge in [0.15, 0.2) is 0 Å². The molecule has 0 radical (unpaired) electrons. The fraction of sp³-hybridized carbons (Fsp3) is 0.321. The molecule has 1 fully saturated rings. The Balaban J connectivity index is 1.14. The molecular weight excluding hydrogens is 468 g/mol. The lowest BCUT2D eigenvalue weighted by molar-refractivity contribution is -0.125. The normalized spacial score (nSPS) is 14.1. The van der Waals surface area contributed by atoms with Gasteiger partial charge in [-0.1, -0.05) is 58.9 Å². The van der Waals surface area contributed by atoms with Crippen molar-refractivity contribution in [3.8, 4) is 5.13 Å². The molecule has 0 atom stereocenters. The number of aryl methyl sites for hydroxylation is 2. The van der Waals surface area contributed by atoms with E-state index in [2.05, 4.69) is 98.7 Å². The third-order valence-corrected chi connectivity index (χ3v) is 7.68. The summed E-state index contributed by atoms with van der Waals surface area (Å²) in [5, 5.41) is 17.3. The summed E-state index contributed by atoms with van der Waals surface area (Å²) in [5.41, 5.74) is 5.83. The van der Waals surface area contributed by atoms with Crippen LogP contribution in [0.1, 0.15) is 35.2 Å². The fourth-order valence-electron chi connectivity index (χ4n) is 4.42. The van der Waals surface area contributed by atoms with E-state index in [9.17, 15) is 4.79 Å². The lowest BCUT2D eigenvalue weighted by Gasteiger charge is -2.30. The van der Waals surface area contributed by atoms with E-state index in [1.165, 1.54) is 11.1 Å². The predicted octanol–water partition coefficient (Wildman–Crippen LogP) is 5.09. The van der Waals surface area contributed by atoms with Crippen molar-refractivity contribution in [2.24, 2.45) is 5.92 Å². The summed E-state index contributed by atoms with van der Waals surface area (Å²) in [5.74, 6) is 0.189. The summed E-state index contributed by atoms with van der Waals surface area (Å²) in [6.07, 6.45) is 3.68. The molecule has 0 unspecified atom stereocenters. The second-order valence-corrected chi connectivity index (χ2v) is 10.4. The van der Waals surface area contributed by atoms with Crippen molar-refractivity contribution < 1.29 is 4.79 Å². The number of nitrogens with zero attached hydrogens (tertiary/aromatic N) is 4. The Kier molecular flexibility index (Phi) is 7.32. The Morgan fingerprint density at radius 1 is 0.917 bits per heavy atom. The van der Waals surface area contributed by atoms with Gasteiger partial charge in [-0.05, 0) is 56.5 Å². The molecule has 1 aliphatic heterocycles. The van der Waals surface area contributed by atoms with Crippen LogP contribution >= 0.6 is 11.3 Å².